The monoisotopic (exact) mass is 156 g/mol. The summed E-state index contributed by atoms with van der Waals surface area (Å²) in [5.41, 5.74) is -0.414. The van der Waals surface area contributed by atoms with Crippen molar-refractivity contribution in [1.82, 2.24) is 0 Å². The maximum Gasteiger partial charge on any atom is 0.297 e. The van der Waals surface area contributed by atoms with Gasteiger partial charge in [0, 0.05) is 11.5 Å². The van der Waals surface area contributed by atoms with Crippen molar-refractivity contribution in [1.29, 1.82) is 0 Å². The van der Waals surface area contributed by atoms with Crippen molar-refractivity contribution >= 4 is 12.3 Å². The number of hydrogen-bond donors (Lipinski definition) is 0. The molecule has 0 aliphatic heterocycles. The fourth-order valence-electron chi connectivity index (χ4n) is 0.383. The average Bonchev–Trinajstić information content (AvgIpc) is 1.86. The lowest BCUT2D eigenvalue weighted by Gasteiger charge is -2.12. The number of ether oxygens (including phenoxy) is 1. The van der Waals surface area contributed by atoms with Gasteiger partial charge in [-0.15, -0.1) is 0 Å². The van der Waals surface area contributed by atoms with Gasteiger partial charge in [-0.1, -0.05) is 20.8 Å². The summed E-state index contributed by atoms with van der Waals surface area (Å²) in [6.45, 7) is 5.65. The number of ketones is 1. The van der Waals surface area contributed by atoms with Crippen LogP contribution in [-0.2, 0) is 14.3 Å². The predicted molar refractivity (Wildman–Crippen MR) is 40.8 cm³/mol. The van der Waals surface area contributed by atoms with E-state index in [1.165, 1.54) is 6.08 Å². The number of hydrogen-bond acceptors (Lipinski definition) is 3. The summed E-state index contributed by atoms with van der Waals surface area (Å²) >= 11 is 0. The molecule has 0 amide bonds. The molecule has 62 valence electrons. The van der Waals surface area contributed by atoms with E-state index in [0.29, 0.717) is 0 Å². The van der Waals surface area contributed by atoms with Gasteiger partial charge in [0.1, 0.15) is 0 Å². The number of carbonyl (C=O) groups is 2. The molecule has 0 atom stereocenters. The minimum atomic E-state index is -0.414. The van der Waals surface area contributed by atoms with E-state index in [9.17, 15) is 9.59 Å². The Morgan fingerprint density at radius 2 is 1.91 bits per heavy atom. The molecule has 0 fully saturated rings. The Kier molecular flexibility index (Phi) is 3.51. The van der Waals surface area contributed by atoms with E-state index in [1.54, 1.807) is 20.8 Å². The summed E-state index contributed by atoms with van der Waals surface area (Å²) in [4.78, 5) is 20.7. The maximum absolute atomic E-state index is 11.1. The molecule has 0 heterocycles. The normalized spacial score (nSPS) is 11.5. The summed E-state index contributed by atoms with van der Waals surface area (Å²) in [5.74, 6) is -0.0700. The van der Waals surface area contributed by atoms with Crippen molar-refractivity contribution in [2.45, 2.75) is 20.8 Å². The van der Waals surface area contributed by atoms with Crippen molar-refractivity contribution in [3.8, 4) is 0 Å². The van der Waals surface area contributed by atoms with Gasteiger partial charge >= 0.3 is 0 Å². The van der Waals surface area contributed by atoms with Crippen LogP contribution in [0.4, 0.5) is 0 Å². The first-order valence-corrected chi connectivity index (χ1v) is 3.28. The molecule has 0 saturated heterocycles. The highest BCUT2D eigenvalue weighted by molar-refractivity contribution is 5.93. The van der Waals surface area contributed by atoms with Crippen LogP contribution in [0, 0.1) is 5.41 Å². The minimum absolute atomic E-state index is 0.0700. The first kappa shape index (κ1) is 9.88. The molecular formula is C8H12O3. The molecule has 0 aromatic carbocycles. The zero-order valence-corrected chi connectivity index (χ0v) is 6.96. The standard InChI is InChI=1S/C8H12O3/c1-8(2,3)7(10)4-5-11-6-9/h4-6H,1-3H3/b5-4+. The van der Waals surface area contributed by atoms with E-state index in [-0.39, 0.29) is 12.3 Å². The molecule has 0 bridgehead atoms. The van der Waals surface area contributed by atoms with E-state index >= 15 is 0 Å². The maximum atomic E-state index is 11.1. The van der Waals surface area contributed by atoms with Crippen LogP contribution < -0.4 is 0 Å². The largest absolute Gasteiger partial charge is 0.437 e. The molecule has 0 aliphatic carbocycles. The third kappa shape index (κ3) is 4.31. The SMILES string of the molecule is CC(C)(C)C(=O)/C=C/OC=O. The molecule has 0 rings (SSSR count). The van der Waals surface area contributed by atoms with E-state index in [0.717, 1.165) is 6.26 Å². The Hall–Kier alpha value is -1.12. The second-order valence-corrected chi connectivity index (χ2v) is 3.15. The Morgan fingerprint density at radius 1 is 1.36 bits per heavy atom. The van der Waals surface area contributed by atoms with Gasteiger partial charge in [-0.2, -0.15) is 0 Å². The molecule has 3 nitrogen and oxygen atoms in total. The molecular weight excluding hydrogens is 144 g/mol. The van der Waals surface area contributed by atoms with Gasteiger partial charge in [0.15, 0.2) is 5.78 Å². The van der Waals surface area contributed by atoms with Crippen LogP contribution >= 0.6 is 0 Å². The zero-order valence-electron chi connectivity index (χ0n) is 6.96. The molecule has 11 heavy (non-hydrogen) atoms. The van der Waals surface area contributed by atoms with Crippen LogP contribution in [-0.4, -0.2) is 12.3 Å². The van der Waals surface area contributed by atoms with Gasteiger partial charge in [-0.25, -0.2) is 0 Å². The Bertz CT molecular complexity index is 174. The molecule has 0 aromatic rings. The fourth-order valence-corrected chi connectivity index (χ4v) is 0.383. The van der Waals surface area contributed by atoms with Crippen LogP contribution in [0.2, 0.25) is 0 Å². The number of allylic oxidation sites excluding steroid dienone is 1. The topological polar surface area (TPSA) is 43.4 Å². The van der Waals surface area contributed by atoms with Crippen molar-refractivity contribution in [2.75, 3.05) is 0 Å². The van der Waals surface area contributed by atoms with Crippen LogP contribution in [0.5, 0.6) is 0 Å². The lowest BCUT2D eigenvalue weighted by Crippen LogP contribution is -2.17. The fraction of sp³-hybridized carbons (Fsp3) is 0.500. The minimum Gasteiger partial charge on any atom is -0.437 e. The third-order valence-electron chi connectivity index (χ3n) is 1.09. The van der Waals surface area contributed by atoms with Gasteiger partial charge in [0.05, 0.1) is 6.26 Å². The van der Waals surface area contributed by atoms with Gasteiger partial charge in [0.2, 0.25) is 0 Å². The van der Waals surface area contributed by atoms with Crippen LogP contribution in [0.15, 0.2) is 12.3 Å². The van der Waals surface area contributed by atoms with E-state index in [1.807, 2.05) is 0 Å². The summed E-state index contributed by atoms with van der Waals surface area (Å²) in [6, 6.07) is 0. The van der Waals surface area contributed by atoms with E-state index in [4.69, 9.17) is 0 Å². The van der Waals surface area contributed by atoms with Crippen molar-refractivity contribution in [3.05, 3.63) is 12.3 Å². The molecule has 0 unspecified atom stereocenters. The van der Waals surface area contributed by atoms with Gasteiger partial charge in [-0.3, -0.25) is 9.59 Å². The van der Waals surface area contributed by atoms with Gasteiger partial charge in [0.25, 0.3) is 6.47 Å². The van der Waals surface area contributed by atoms with Gasteiger partial charge < -0.3 is 4.74 Å². The van der Waals surface area contributed by atoms with Gasteiger partial charge in [-0.05, 0) is 0 Å². The molecule has 0 aromatic heterocycles. The lowest BCUT2D eigenvalue weighted by atomic mass is 9.91. The second-order valence-electron chi connectivity index (χ2n) is 3.15. The van der Waals surface area contributed by atoms with E-state index in [2.05, 4.69) is 4.74 Å². The molecule has 0 radical (unpaired) electrons. The Morgan fingerprint density at radius 3 is 2.27 bits per heavy atom. The van der Waals surface area contributed by atoms with Crippen LogP contribution in [0.1, 0.15) is 20.8 Å². The quantitative estimate of drug-likeness (QED) is 0.351. The first-order chi connectivity index (χ1) is 4.98. The highest BCUT2D eigenvalue weighted by Crippen LogP contribution is 2.14. The predicted octanol–water partition coefficient (Wildman–Crippen LogP) is 1.29. The summed E-state index contributed by atoms with van der Waals surface area (Å²) in [5, 5.41) is 0. The summed E-state index contributed by atoms with van der Waals surface area (Å²) < 4.78 is 4.22. The van der Waals surface area contributed by atoms with Crippen molar-refractivity contribution < 1.29 is 14.3 Å². The average molecular weight is 156 g/mol. The highest BCUT2D eigenvalue weighted by Gasteiger charge is 2.17. The second kappa shape index (κ2) is 3.91. The molecule has 3 heteroatoms. The lowest BCUT2D eigenvalue weighted by molar-refractivity contribution is -0.124. The van der Waals surface area contributed by atoms with Crippen molar-refractivity contribution in [2.24, 2.45) is 5.41 Å². The Labute approximate surface area is 66.0 Å². The zero-order chi connectivity index (χ0) is 8.91. The number of rotatable bonds is 3. The Balaban J connectivity index is 3.97. The molecule has 0 spiro atoms. The van der Waals surface area contributed by atoms with Crippen molar-refractivity contribution in [3.63, 3.8) is 0 Å². The third-order valence-corrected chi connectivity index (χ3v) is 1.09. The molecule has 0 aliphatic rings. The van der Waals surface area contributed by atoms with Crippen LogP contribution in [0.25, 0.3) is 0 Å². The molecule has 0 saturated carbocycles. The van der Waals surface area contributed by atoms with E-state index < -0.39 is 5.41 Å². The summed E-state index contributed by atoms with van der Waals surface area (Å²) in [7, 11) is 0. The molecule has 0 N–H and O–H groups in total. The summed E-state index contributed by atoms with van der Waals surface area (Å²) in [6.07, 6.45) is 2.33. The van der Waals surface area contributed by atoms with Crippen LogP contribution in [0.3, 0.4) is 0 Å². The number of carbonyl (C=O) groups excluding carboxylic acids is 2. The first-order valence-electron chi connectivity index (χ1n) is 3.28. The highest BCUT2D eigenvalue weighted by atomic mass is 16.5. The smallest absolute Gasteiger partial charge is 0.297 e.